The van der Waals surface area contributed by atoms with Gasteiger partial charge in [0.2, 0.25) is 0 Å². The minimum atomic E-state index is -2.53. The summed E-state index contributed by atoms with van der Waals surface area (Å²) in [7, 11) is 0. The molecule has 0 bridgehead atoms. The van der Waals surface area contributed by atoms with Crippen LogP contribution in [0.25, 0.3) is 22.4 Å². The summed E-state index contributed by atoms with van der Waals surface area (Å²) in [6.45, 7) is 0.373. The highest BCUT2D eigenvalue weighted by Gasteiger charge is 2.24. The SMILES string of the molecule is [2H]C([2H])([2H])c1cnc(-c2ccc(C([2H])([2H])[2H])c3c2Cc2ccccc2-3)cc1C([2H])([2H])C(C)(C)C. The van der Waals surface area contributed by atoms with E-state index in [2.05, 4.69) is 4.98 Å². The van der Waals surface area contributed by atoms with Crippen LogP contribution in [0.1, 0.15) is 59.6 Å². The molecule has 0 radical (unpaired) electrons. The van der Waals surface area contributed by atoms with Gasteiger partial charge >= 0.3 is 0 Å². The molecule has 1 heteroatoms. The summed E-state index contributed by atoms with van der Waals surface area (Å²) in [6, 6.07) is 12.5. The average Bonchev–Trinajstić information content (AvgIpc) is 3.10. The summed E-state index contributed by atoms with van der Waals surface area (Å²) in [5, 5.41) is 0. The van der Waals surface area contributed by atoms with Crippen molar-refractivity contribution in [1.82, 2.24) is 4.98 Å². The summed E-state index contributed by atoms with van der Waals surface area (Å²) < 4.78 is 65.5. The van der Waals surface area contributed by atoms with Crippen LogP contribution in [0.3, 0.4) is 0 Å². The summed E-state index contributed by atoms with van der Waals surface area (Å²) in [4.78, 5) is 4.44. The molecule has 0 spiro atoms. The van der Waals surface area contributed by atoms with Crippen LogP contribution in [0.15, 0.2) is 48.7 Å². The maximum atomic E-state index is 8.79. The van der Waals surface area contributed by atoms with Crippen LogP contribution in [-0.2, 0) is 12.8 Å². The fourth-order valence-electron chi connectivity index (χ4n) is 3.60. The van der Waals surface area contributed by atoms with E-state index in [-0.39, 0.29) is 16.7 Å². The van der Waals surface area contributed by atoms with Gasteiger partial charge in [-0.2, -0.15) is 0 Å². The lowest BCUT2D eigenvalue weighted by atomic mass is 9.86. The van der Waals surface area contributed by atoms with Crippen LogP contribution < -0.4 is 0 Å². The van der Waals surface area contributed by atoms with Gasteiger partial charge in [-0.3, -0.25) is 4.98 Å². The fraction of sp³-hybridized carbons (Fsp3) is 0.320. The van der Waals surface area contributed by atoms with Gasteiger partial charge in [0.1, 0.15) is 0 Å². The Morgan fingerprint density at radius 1 is 1.04 bits per heavy atom. The summed E-state index contributed by atoms with van der Waals surface area (Å²) in [5.41, 5.74) is 3.83. The molecule has 2 aromatic carbocycles. The molecular weight excluding hydrogens is 314 g/mol. The highest BCUT2D eigenvalue weighted by atomic mass is 14.7. The van der Waals surface area contributed by atoms with Gasteiger partial charge < -0.3 is 0 Å². The number of benzene rings is 2. The lowest BCUT2D eigenvalue weighted by molar-refractivity contribution is 0.410. The highest BCUT2D eigenvalue weighted by molar-refractivity contribution is 5.86. The molecule has 132 valence electrons. The van der Waals surface area contributed by atoms with Crippen molar-refractivity contribution in [1.29, 1.82) is 0 Å². The third-order valence-corrected chi connectivity index (χ3v) is 4.66. The second-order valence-electron chi connectivity index (χ2n) is 7.84. The molecule has 26 heavy (non-hydrogen) atoms. The summed E-state index contributed by atoms with van der Waals surface area (Å²) >= 11 is 0. The zero-order valence-corrected chi connectivity index (χ0v) is 15.3. The van der Waals surface area contributed by atoms with Gasteiger partial charge in [-0.05, 0) is 76.9 Å². The number of rotatable bonds is 2. The van der Waals surface area contributed by atoms with Crippen LogP contribution in [-0.4, -0.2) is 4.98 Å². The normalized spacial score (nSPS) is 18.9. The Kier molecular flexibility index (Phi) is 2.36. The minimum absolute atomic E-state index is 0.0779. The highest BCUT2D eigenvalue weighted by Crippen LogP contribution is 2.43. The van der Waals surface area contributed by atoms with Crippen molar-refractivity contribution in [2.75, 3.05) is 0 Å². The van der Waals surface area contributed by atoms with Crippen molar-refractivity contribution in [3.63, 3.8) is 0 Å². The first-order valence-corrected chi connectivity index (χ1v) is 8.79. The second kappa shape index (κ2) is 6.09. The Morgan fingerprint density at radius 3 is 2.62 bits per heavy atom. The molecule has 0 saturated heterocycles. The number of hydrogen-bond acceptors (Lipinski definition) is 1. The number of hydrogen-bond donors (Lipinski definition) is 0. The number of aryl methyl sites for hydroxylation is 2. The Balaban J connectivity index is 2.00. The molecule has 0 N–H and O–H groups in total. The van der Waals surface area contributed by atoms with Crippen molar-refractivity contribution in [3.8, 4) is 22.4 Å². The van der Waals surface area contributed by atoms with Crippen LogP contribution >= 0.6 is 0 Å². The predicted octanol–water partition coefficient (Wildman–Crippen LogP) is 6.53. The van der Waals surface area contributed by atoms with Crippen LogP contribution in [0.5, 0.6) is 0 Å². The Bertz CT molecular complexity index is 1260. The van der Waals surface area contributed by atoms with Gasteiger partial charge in [0.15, 0.2) is 0 Å². The molecule has 1 aliphatic rings. The molecular formula is C25H27N. The molecule has 1 aliphatic carbocycles. The molecule has 0 saturated carbocycles. The topological polar surface area (TPSA) is 12.9 Å². The van der Waals surface area contributed by atoms with Gasteiger partial charge in [-0.15, -0.1) is 0 Å². The maximum Gasteiger partial charge on any atom is 0.0708 e. The number of nitrogens with zero attached hydrogens (tertiary/aromatic N) is 1. The van der Waals surface area contributed by atoms with Gasteiger partial charge in [0, 0.05) is 22.7 Å². The Hall–Kier alpha value is -2.41. The van der Waals surface area contributed by atoms with Crippen molar-refractivity contribution in [2.45, 2.75) is 47.3 Å². The molecule has 0 atom stereocenters. The van der Waals surface area contributed by atoms with Gasteiger partial charge in [-0.1, -0.05) is 57.2 Å². The first-order chi connectivity index (χ1) is 15.5. The van der Waals surface area contributed by atoms with E-state index in [1.807, 2.05) is 24.3 Å². The quantitative estimate of drug-likeness (QED) is 0.401. The van der Waals surface area contributed by atoms with Crippen LogP contribution in [0.4, 0.5) is 0 Å². The third-order valence-electron chi connectivity index (χ3n) is 4.66. The van der Waals surface area contributed by atoms with E-state index >= 15 is 0 Å². The van der Waals surface area contributed by atoms with Crippen molar-refractivity contribution in [3.05, 3.63) is 76.5 Å². The Morgan fingerprint density at radius 2 is 1.85 bits per heavy atom. The lowest BCUT2D eigenvalue weighted by Gasteiger charge is -2.20. The maximum absolute atomic E-state index is 8.79. The molecule has 4 rings (SSSR count). The van der Waals surface area contributed by atoms with E-state index < -0.39 is 25.5 Å². The van der Waals surface area contributed by atoms with Crippen LogP contribution in [0.2, 0.25) is 0 Å². The summed E-state index contributed by atoms with van der Waals surface area (Å²) in [5.74, 6) is 0. The van der Waals surface area contributed by atoms with E-state index in [4.69, 9.17) is 11.0 Å². The van der Waals surface area contributed by atoms with Crippen molar-refractivity contribution < 1.29 is 11.0 Å². The van der Waals surface area contributed by atoms with Gasteiger partial charge in [-0.25, -0.2) is 0 Å². The first kappa shape index (κ1) is 10.1. The number of fused-ring (bicyclic) bond motifs is 3. The zero-order chi connectivity index (χ0) is 25.3. The largest absolute Gasteiger partial charge is 0.256 e. The minimum Gasteiger partial charge on any atom is -0.256 e. The molecule has 0 unspecified atom stereocenters. The molecule has 0 fully saturated rings. The van der Waals surface area contributed by atoms with E-state index in [1.54, 1.807) is 32.9 Å². The lowest BCUT2D eigenvalue weighted by Crippen LogP contribution is -2.10. The second-order valence-corrected chi connectivity index (χ2v) is 7.84. The third kappa shape index (κ3) is 2.96. The van der Waals surface area contributed by atoms with Gasteiger partial charge in [0.25, 0.3) is 0 Å². The predicted molar refractivity (Wildman–Crippen MR) is 111 cm³/mol. The van der Waals surface area contributed by atoms with E-state index in [1.165, 1.54) is 12.3 Å². The number of aromatic nitrogens is 1. The first-order valence-electron chi connectivity index (χ1n) is 12.8. The van der Waals surface area contributed by atoms with E-state index in [9.17, 15) is 0 Å². The van der Waals surface area contributed by atoms with Gasteiger partial charge in [0.05, 0.1) is 5.69 Å². The van der Waals surface area contributed by atoms with Crippen LogP contribution in [0, 0.1) is 19.1 Å². The average molecular weight is 350 g/mol. The molecule has 3 aromatic rings. The smallest absolute Gasteiger partial charge is 0.0708 e. The molecule has 1 aromatic heterocycles. The Labute approximate surface area is 168 Å². The fourth-order valence-corrected chi connectivity index (χ4v) is 3.60. The standard InChI is InChI=1S/C25H27N/c1-16-10-11-21(22-12-18-8-6-7-9-20(18)24(16)22)23-13-19(14-25(3,4)5)17(2)15-26-23/h6-11,13,15H,12,14H2,1-5H3/i1D3,2D3,14D2. The van der Waals surface area contributed by atoms with E-state index in [0.29, 0.717) is 23.2 Å². The summed E-state index contributed by atoms with van der Waals surface area (Å²) in [6.07, 6.45) is -0.179. The number of pyridine rings is 1. The van der Waals surface area contributed by atoms with E-state index in [0.717, 1.165) is 16.7 Å². The molecule has 0 amide bonds. The van der Waals surface area contributed by atoms with Crippen molar-refractivity contribution >= 4 is 0 Å². The molecule has 0 aliphatic heterocycles. The molecule has 1 heterocycles. The monoisotopic (exact) mass is 349 g/mol. The molecule has 1 nitrogen and oxygen atoms in total. The van der Waals surface area contributed by atoms with Crippen molar-refractivity contribution in [2.24, 2.45) is 5.41 Å². The zero-order valence-electron chi connectivity index (χ0n) is 23.3.